The number of alkyl halides is 7. The highest BCUT2D eigenvalue weighted by atomic mass is 79.9. The molecule has 0 aliphatic heterocycles. The van der Waals surface area contributed by atoms with Crippen LogP contribution in [0.3, 0.4) is 0 Å². The first-order valence-electron chi connectivity index (χ1n) is 6.07. The van der Waals surface area contributed by atoms with Gasteiger partial charge in [-0.2, -0.15) is 26.3 Å². The number of hydrogen-bond acceptors (Lipinski definition) is 1. The van der Waals surface area contributed by atoms with E-state index < -0.39 is 30.2 Å². The fourth-order valence-corrected chi connectivity index (χ4v) is 3.11. The van der Waals surface area contributed by atoms with E-state index in [1.807, 2.05) is 5.32 Å². The zero-order valence-corrected chi connectivity index (χ0v) is 11.9. The number of halogens is 7. The van der Waals surface area contributed by atoms with Gasteiger partial charge < -0.3 is 5.32 Å². The van der Waals surface area contributed by atoms with Gasteiger partial charge in [0.05, 0.1) is 0 Å². The predicted octanol–water partition coefficient (Wildman–Crippen LogP) is 3.80. The van der Waals surface area contributed by atoms with E-state index in [-0.39, 0.29) is 5.92 Å². The summed E-state index contributed by atoms with van der Waals surface area (Å²) in [5.74, 6) is -6.12. The van der Waals surface area contributed by atoms with Crippen molar-refractivity contribution in [2.75, 3.05) is 5.33 Å². The molecule has 0 aromatic rings. The third kappa shape index (κ3) is 4.53. The first kappa shape index (κ1) is 17.6. The van der Waals surface area contributed by atoms with E-state index in [9.17, 15) is 31.1 Å². The number of hydrogen-bond donors (Lipinski definition) is 1. The van der Waals surface area contributed by atoms with Crippen LogP contribution in [0.2, 0.25) is 0 Å². The second kappa shape index (κ2) is 6.53. The lowest BCUT2D eigenvalue weighted by Gasteiger charge is -2.32. The first-order valence-corrected chi connectivity index (χ1v) is 7.19. The summed E-state index contributed by atoms with van der Waals surface area (Å²) in [5, 5.41) is 2.36. The fraction of sp³-hybridized carbons (Fsp3) is 0.909. The molecule has 9 heteroatoms. The molecule has 0 aromatic heterocycles. The summed E-state index contributed by atoms with van der Waals surface area (Å²) in [6.07, 6.45) is -8.69. The number of amides is 1. The maximum absolute atomic E-state index is 12.4. The van der Waals surface area contributed by atoms with E-state index in [0.717, 1.165) is 6.42 Å². The normalized spacial score (nSPS) is 24.8. The Hall–Kier alpha value is -0.470. The van der Waals surface area contributed by atoms with Crippen molar-refractivity contribution in [3.63, 3.8) is 0 Å². The predicted molar refractivity (Wildman–Crippen MR) is 63.3 cm³/mol. The average molecular weight is 370 g/mol. The highest BCUT2D eigenvalue weighted by Crippen LogP contribution is 2.39. The molecule has 0 aromatic carbocycles. The molecule has 2 nitrogen and oxygen atoms in total. The van der Waals surface area contributed by atoms with Crippen LogP contribution in [0, 0.1) is 11.8 Å². The van der Waals surface area contributed by atoms with Gasteiger partial charge >= 0.3 is 12.4 Å². The zero-order chi connectivity index (χ0) is 15.6. The highest BCUT2D eigenvalue weighted by Gasteiger charge is 2.61. The van der Waals surface area contributed by atoms with E-state index in [2.05, 4.69) is 15.9 Å². The molecular formula is C11H14BrF6NO. The monoisotopic (exact) mass is 369 g/mol. The minimum Gasteiger partial charge on any atom is -0.352 e. The third-order valence-electron chi connectivity index (χ3n) is 3.35. The highest BCUT2D eigenvalue weighted by molar-refractivity contribution is 9.09. The molecule has 1 amide bonds. The van der Waals surface area contributed by atoms with Gasteiger partial charge in [0.2, 0.25) is 11.8 Å². The van der Waals surface area contributed by atoms with Crippen molar-refractivity contribution in [1.82, 2.24) is 5.32 Å². The van der Waals surface area contributed by atoms with Gasteiger partial charge in [0.25, 0.3) is 0 Å². The molecule has 1 aliphatic rings. The summed E-state index contributed by atoms with van der Waals surface area (Å²) in [5.41, 5.74) is 0. The van der Waals surface area contributed by atoms with Gasteiger partial charge in [-0.3, -0.25) is 4.79 Å². The fourth-order valence-electron chi connectivity index (χ4n) is 2.33. The lowest BCUT2D eigenvalue weighted by molar-refractivity contribution is -0.274. The molecule has 118 valence electrons. The standard InChI is InChI=1S/C11H14BrF6NO/c12-5-6-3-1-2-4-7(6)19-9(20)8(10(13,14)15)11(16,17)18/h6-8H,1-5H2,(H,19,20). The summed E-state index contributed by atoms with van der Waals surface area (Å²) in [6, 6.07) is -0.650. The van der Waals surface area contributed by atoms with Crippen LogP contribution in [0.15, 0.2) is 0 Å². The van der Waals surface area contributed by atoms with E-state index in [1.54, 1.807) is 0 Å². The minimum absolute atomic E-state index is 0.144. The zero-order valence-electron chi connectivity index (χ0n) is 10.3. The summed E-state index contributed by atoms with van der Waals surface area (Å²) >= 11 is 3.16. The van der Waals surface area contributed by atoms with Crippen molar-refractivity contribution in [3.05, 3.63) is 0 Å². The minimum atomic E-state index is -5.64. The Bertz CT molecular complexity index is 329. The SMILES string of the molecule is O=C(NC1CCCCC1CBr)C(C(F)(F)F)C(F)(F)F. The van der Waals surface area contributed by atoms with Crippen molar-refractivity contribution in [2.24, 2.45) is 11.8 Å². The molecule has 0 saturated heterocycles. The molecule has 1 N–H and O–H groups in total. The topological polar surface area (TPSA) is 29.1 Å². The molecule has 0 bridgehead atoms. The van der Waals surface area contributed by atoms with Gasteiger partial charge in [-0.05, 0) is 18.8 Å². The Morgan fingerprint density at radius 2 is 1.60 bits per heavy atom. The molecular weight excluding hydrogens is 356 g/mol. The van der Waals surface area contributed by atoms with Gasteiger partial charge in [0.1, 0.15) is 0 Å². The van der Waals surface area contributed by atoms with Crippen LogP contribution in [0.1, 0.15) is 25.7 Å². The Kier molecular flexibility index (Phi) is 5.74. The lowest BCUT2D eigenvalue weighted by atomic mass is 9.85. The van der Waals surface area contributed by atoms with Gasteiger partial charge in [0, 0.05) is 11.4 Å². The maximum atomic E-state index is 12.4. The van der Waals surface area contributed by atoms with Crippen LogP contribution in [0.5, 0.6) is 0 Å². The quantitative estimate of drug-likeness (QED) is 0.595. The van der Waals surface area contributed by atoms with Crippen LogP contribution in [0.4, 0.5) is 26.3 Å². The van der Waals surface area contributed by atoms with Gasteiger partial charge in [-0.25, -0.2) is 0 Å². The molecule has 1 aliphatic carbocycles. The lowest BCUT2D eigenvalue weighted by Crippen LogP contribution is -2.52. The van der Waals surface area contributed by atoms with Crippen molar-refractivity contribution >= 4 is 21.8 Å². The van der Waals surface area contributed by atoms with Crippen molar-refractivity contribution in [3.8, 4) is 0 Å². The second-order valence-electron chi connectivity index (χ2n) is 4.83. The number of rotatable bonds is 3. The molecule has 0 radical (unpaired) electrons. The largest absolute Gasteiger partial charge is 0.409 e. The van der Waals surface area contributed by atoms with Crippen LogP contribution >= 0.6 is 15.9 Å². The molecule has 0 spiro atoms. The molecule has 1 rings (SSSR count). The Morgan fingerprint density at radius 1 is 1.10 bits per heavy atom. The Morgan fingerprint density at radius 3 is 2.05 bits per heavy atom. The molecule has 0 heterocycles. The van der Waals surface area contributed by atoms with Crippen LogP contribution in [-0.4, -0.2) is 29.6 Å². The smallest absolute Gasteiger partial charge is 0.352 e. The maximum Gasteiger partial charge on any atom is 0.409 e. The summed E-state index contributed by atoms with van der Waals surface area (Å²) in [7, 11) is 0. The van der Waals surface area contributed by atoms with E-state index >= 15 is 0 Å². The van der Waals surface area contributed by atoms with E-state index in [4.69, 9.17) is 0 Å². The van der Waals surface area contributed by atoms with Gasteiger partial charge in [-0.1, -0.05) is 28.8 Å². The Balaban J connectivity index is 2.81. The molecule has 2 unspecified atom stereocenters. The van der Waals surface area contributed by atoms with Gasteiger partial charge in [-0.15, -0.1) is 0 Å². The number of nitrogens with one attached hydrogen (secondary N) is 1. The van der Waals surface area contributed by atoms with E-state index in [1.165, 1.54) is 0 Å². The van der Waals surface area contributed by atoms with Gasteiger partial charge in [0.15, 0.2) is 0 Å². The first-order chi connectivity index (χ1) is 9.07. The van der Waals surface area contributed by atoms with Crippen molar-refractivity contribution < 1.29 is 31.1 Å². The second-order valence-corrected chi connectivity index (χ2v) is 5.48. The van der Waals surface area contributed by atoms with Crippen molar-refractivity contribution in [1.29, 1.82) is 0 Å². The van der Waals surface area contributed by atoms with Crippen LogP contribution < -0.4 is 5.32 Å². The third-order valence-corrected chi connectivity index (χ3v) is 4.18. The van der Waals surface area contributed by atoms with E-state index in [0.29, 0.717) is 24.6 Å². The summed E-state index contributed by atoms with van der Waals surface area (Å²) in [6.45, 7) is 0. The molecule has 1 saturated carbocycles. The van der Waals surface area contributed by atoms with Crippen LogP contribution in [0.25, 0.3) is 0 Å². The average Bonchev–Trinajstić information content (AvgIpc) is 2.25. The number of carbonyl (C=O) groups is 1. The number of carbonyl (C=O) groups excluding carboxylic acids is 1. The molecule has 20 heavy (non-hydrogen) atoms. The van der Waals surface area contributed by atoms with Crippen LogP contribution in [-0.2, 0) is 4.79 Å². The summed E-state index contributed by atoms with van der Waals surface area (Å²) in [4.78, 5) is 11.4. The molecule has 2 atom stereocenters. The summed E-state index contributed by atoms with van der Waals surface area (Å²) < 4.78 is 74.5. The molecule has 1 fully saturated rings. The van der Waals surface area contributed by atoms with Crippen molar-refractivity contribution in [2.45, 2.75) is 44.1 Å². The Labute approximate surface area is 120 Å².